The van der Waals surface area contributed by atoms with Crippen LogP contribution in [-0.4, -0.2) is 26.1 Å². The van der Waals surface area contributed by atoms with E-state index in [1.165, 1.54) is 32.1 Å². The molecule has 1 aromatic carbocycles. The van der Waals surface area contributed by atoms with Crippen LogP contribution in [0.1, 0.15) is 32.1 Å². The van der Waals surface area contributed by atoms with Crippen LogP contribution in [0, 0.1) is 23.7 Å². The van der Waals surface area contributed by atoms with Crippen LogP contribution in [0.15, 0.2) is 35.2 Å². The minimum Gasteiger partial charge on any atom is -0.352 e. The van der Waals surface area contributed by atoms with Crippen molar-refractivity contribution in [2.75, 3.05) is 5.75 Å². The molecule has 0 heterocycles. The van der Waals surface area contributed by atoms with E-state index in [1.54, 1.807) is 30.3 Å². The Morgan fingerprint density at radius 2 is 1.52 bits per heavy atom. The van der Waals surface area contributed by atoms with E-state index in [-0.39, 0.29) is 16.8 Å². The summed E-state index contributed by atoms with van der Waals surface area (Å²) >= 11 is 0. The molecule has 4 bridgehead atoms. The van der Waals surface area contributed by atoms with E-state index in [1.807, 2.05) is 0 Å². The lowest BCUT2D eigenvalue weighted by Crippen LogP contribution is -2.56. The molecule has 0 unspecified atom stereocenters. The second-order valence-corrected chi connectivity index (χ2v) is 9.59. The largest absolute Gasteiger partial charge is 0.352 e. The summed E-state index contributed by atoms with van der Waals surface area (Å²) in [4.78, 5) is 12.6. The molecule has 0 atom stereocenters. The Hall–Kier alpha value is -1.36. The van der Waals surface area contributed by atoms with Crippen molar-refractivity contribution in [3.63, 3.8) is 0 Å². The highest BCUT2D eigenvalue weighted by molar-refractivity contribution is 7.92. The number of carbonyl (C=O) groups is 1. The lowest BCUT2D eigenvalue weighted by molar-refractivity contribution is -0.122. The summed E-state index contributed by atoms with van der Waals surface area (Å²) in [6, 6.07) is 8.43. The second kappa shape index (κ2) is 5.62. The van der Waals surface area contributed by atoms with Crippen molar-refractivity contribution in [3.05, 3.63) is 30.3 Å². The summed E-state index contributed by atoms with van der Waals surface area (Å²) in [5, 5.41) is 3.07. The van der Waals surface area contributed by atoms with Gasteiger partial charge in [0.25, 0.3) is 0 Å². The van der Waals surface area contributed by atoms with Gasteiger partial charge in [-0.1, -0.05) is 18.2 Å². The van der Waals surface area contributed by atoms with E-state index in [2.05, 4.69) is 5.32 Å². The van der Waals surface area contributed by atoms with Crippen LogP contribution >= 0.6 is 0 Å². The van der Waals surface area contributed by atoms with E-state index in [9.17, 15) is 13.2 Å². The van der Waals surface area contributed by atoms with Gasteiger partial charge in [0, 0.05) is 6.04 Å². The molecule has 5 heteroatoms. The minimum atomic E-state index is -3.55. The number of hydrogen-bond donors (Lipinski definition) is 1. The molecule has 1 aromatic rings. The number of rotatable bonds is 4. The van der Waals surface area contributed by atoms with Gasteiger partial charge in [-0.15, -0.1) is 0 Å². The van der Waals surface area contributed by atoms with Crippen molar-refractivity contribution in [1.82, 2.24) is 5.32 Å². The van der Waals surface area contributed by atoms with E-state index < -0.39 is 15.6 Å². The lowest BCUT2D eigenvalue weighted by Gasteiger charge is -2.54. The molecule has 4 nitrogen and oxygen atoms in total. The number of amides is 1. The second-order valence-electron chi connectivity index (χ2n) is 7.60. The molecule has 4 saturated carbocycles. The van der Waals surface area contributed by atoms with Gasteiger partial charge in [-0.3, -0.25) is 4.79 Å². The highest BCUT2D eigenvalue weighted by Gasteiger charge is 2.48. The molecule has 1 amide bonds. The van der Waals surface area contributed by atoms with Crippen molar-refractivity contribution < 1.29 is 13.2 Å². The average Bonchev–Trinajstić information content (AvgIpc) is 2.50. The first kappa shape index (κ1) is 15.2. The monoisotopic (exact) mass is 333 g/mol. The van der Waals surface area contributed by atoms with Crippen molar-refractivity contribution in [1.29, 1.82) is 0 Å². The first-order valence-electron chi connectivity index (χ1n) is 8.58. The predicted octanol–water partition coefficient (Wildman–Crippen LogP) is 2.40. The number of carbonyl (C=O) groups excluding carboxylic acids is 1. The molecule has 4 aliphatic rings. The Bertz CT molecular complexity index is 670. The Balaban J connectivity index is 1.43. The Labute approximate surface area is 137 Å². The zero-order chi connectivity index (χ0) is 16.0. The quantitative estimate of drug-likeness (QED) is 0.920. The van der Waals surface area contributed by atoms with Crippen molar-refractivity contribution >= 4 is 15.7 Å². The Morgan fingerprint density at radius 3 is 2.09 bits per heavy atom. The summed E-state index contributed by atoms with van der Waals surface area (Å²) in [6.45, 7) is 0. The average molecular weight is 333 g/mol. The maximum absolute atomic E-state index is 12.3. The third-order valence-corrected chi connectivity index (χ3v) is 7.61. The molecular weight excluding hydrogens is 310 g/mol. The molecule has 124 valence electrons. The van der Waals surface area contributed by atoms with E-state index in [4.69, 9.17) is 0 Å². The first-order valence-corrected chi connectivity index (χ1v) is 10.2. The van der Waals surface area contributed by atoms with Gasteiger partial charge in [0.1, 0.15) is 5.75 Å². The molecule has 4 fully saturated rings. The molecule has 0 aromatic heterocycles. The summed E-state index contributed by atoms with van der Waals surface area (Å²) in [5.41, 5.74) is 0. The molecular formula is C18H23NO3S. The molecule has 0 saturated heterocycles. The molecule has 0 spiro atoms. The smallest absolute Gasteiger partial charge is 0.235 e. The fourth-order valence-electron chi connectivity index (χ4n) is 5.27. The highest BCUT2D eigenvalue weighted by atomic mass is 32.2. The van der Waals surface area contributed by atoms with Crippen LogP contribution in [0.5, 0.6) is 0 Å². The lowest BCUT2D eigenvalue weighted by atomic mass is 9.54. The number of sulfone groups is 1. The minimum absolute atomic E-state index is 0.196. The number of nitrogens with one attached hydrogen (secondary N) is 1. The van der Waals surface area contributed by atoms with Crippen LogP contribution in [0.25, 0.3) is 0 Å². The standard InChI is InChI=1S/C18H23NO3S/c20-17(11-23(21,22)16-4-2-1-3-5-16)19-18-14-7-12-6-13(9-14)10-15(18)8-12/h1-5,12-15,18H,6-11H2,(H,19,20). The van der Waals surface area contributed by atoms with Gasteiger partial charge < -0.3 is 5.32 Å². The normalized spacial score (nSPS) is 35.2. The van der Waals surface area contributed by atoms with Crippen LogP contribution in [0.2, 0.25) is 0 Å². The van der Waals surface area contributed by atoms with Gasteiger partial charge in [0.15, 0.2) is 9.84 Å². The van der Waals surface area contributed by atoms with Crippen molar-refractivity contribution in [3.8, 4) is 0 Å². The van der Waals surface area contributed by atoms with E-state index in [0.717, 1.165) is 11.8 Å². The molecule has 0 aliphatic heterocycles. The van der Waals surface area contributed by atoms with Crippen molar-refractivity contribution in [2.45, 2.75) is 43.0 Å². The number of benzene rings is 1. The maximum atomic E-state index is 12.3. The first-order chi connectivity index (χ1) is 11.0. The molecule has 0 radical (unpaired) electrons. The van der Waals surface area contributed by atoms with Crippen molar-refractivity contribution in [2.24, 2.45) is 23.7 Å². The van der Waals surface area contributed by atoms with Gasteiger partial charge in [-0.05, 0) is 67.9 Å². The van der Waals surface area contributed by atoms with Crippen LogP contribution in [0.3, 0.4) is 0 Å². The van der Waals surface area contributed by atoms with Crippen LogP contribution < -0.4 is 5.32 Å². The number of hydrogen-bond acceptors (Lipinski definition) is 3. The molecule has 5 rings (SSSR count). The molecule has 4 aliphatic carbocycles. The Kier molecular flexibility index (Phi) is 3.71. The van der Waals surface area contributed by atoms with E-state index >= 15 is 0 Å². The van der Waals surface area contributed by atoms with Gasteiger partial charge >= 0.3 is 0 Å². The molecule has 1 N–H and O–H groups in total. The summed E-state index contributed by atoms with van der Waals surface area (Å²) < 4.78 is 24.7. The van der Waals surface area contributed by atoms with E-state index in [0.29, 0.717) is 11.8 Å². The van der Waals surface area contributed by atoms with Gasteiger partial charge in [-0.2, -0.15) is 0 Å². The summed E-state index contributed by atoms with van der Waals surface area (Å²) in [6.07, 6.45) is 6.22. The topological polar surface area (TPSA) is 63.2 Å². The Morgan fingerprint density at radius 1 is 0.957 bits per heavy atom. The predicted molar refractivity (Wildman–Crippen MR) is 87.5 cm³/mol. The zero-order valence-electron chi connectivity index (χ0n) is 13.1. The molecule has 23 heavy (non-hydrogen) atoms. The van der Waals surface area contributed by atoms with Gasteiger partial charge in [0.2, 0.25) is 5.91 Å². The summed E-state index contributed by atoms with van der Waals surface area (Å²) in [5.74, 6) is 2.03. The van der Waals surface area contributed by atoms with Gasteiger partial charge in [0.05, 0.1) is 4.90 Å². The third-order valence-electron chi connectivity index (χ3n) is 5.98. The highest BCUT2D eigenvalue weighted by Crippen LogP contribution is 2.53. The van der Waals surface area contributed by atoms with Gasteiger partial charge in [-0.25, -0.2) is 8.42 Å². The fourth-order valence-corrected chi connectivity index (χ4v) is 6.44. The zero-order valence-corrected chi connectivity index (χ0v) is 14.0. The third kappa shape index (κ3) is 2.91. The fraction of sp³-hybridized carbons (Fsp3) is 0.611. The van der Waals surface area contributed by atoms with Crippen LogP contribution in [-0.2, 0) is 14.6 Å². The maximum Gasteiger partial charge on any atom is 0.235 e. The SMILES string of the molecule is O=C(CS(=O)(=O)c1ccccc1)NC1C2CC3CC(C2)CC1C3. The van der Waals surface area contributed by atoms with Crippen LogP contribution in [0.4, 0.5) is 0 Å². The summed E-state index contributed by atoms with van der Waals surface area (Å²) in [7, 11) is -3.55.